The zero-order valence-electron chi connectivity index (χ0n) is 12.2. The van der Waals surface area contributed by atoms with Gasteiger partial charge in [0.05, 0.1) is 6.54 Å². The van der Waals surface area contributed by atoms with Crippen LogP contribution >= 0.6 is 0 Å². The molecule has 3 nitrogen and oxygen atoms in total. The third kappa shape index (κ3) is 3.14. The normalized spacial score (nSPS) is 28.8. The van der Waals surface area contributed by atoms with Crippen molar-refractivity contribution in [3.63, 3.8) is 0 Å². The van der Waals surface area contributed by atoms with E-state index in [2.05, 4.69) is 42.7 Å². The first-order chi connectivity index (χ1) is 8.58. The molecule has 18 heavy (non-hydrogen) atoms. The number of rotatable bonds is 4. The van der Waals surface area contributed by atoms with Crippen molar-refractivity contribution >= 4 is 0 Å². The lowest BCUT2D eigenvalue weighted by atomic mass is 9.74. The Hall–Kier alpha value is -0.830. The van der Waals surface area contributed by atoms with E-state index in [-0.39, 0.29) is 0 Å². The van der Waals surface area contributed by atoms with Gasteiger partial charge in [0.1, 0.15) is 5.82 Å². The lowest BCUT2D eigenvalue weighted by Gasteiger charge is -2.38. The SMILES string of the molecule is CC(C)[C@@H]1CC[C@@H](C)C[C@@H]1NCc1nccn1C. The molecule has 102 valence electrons. The van der Waals surface area contributed by atoms with Crippen molar-refractivity contribution in [2.75, 3.05) is 0 Å². The van der Waals surface area contributed by atoms with E-state index in [1.165, 1.54) is 19.3 Å². The molecule has 1 N–H and O–H groups in total. The highest BCUT2D eigenvalue weighted by Crippen LogP contribution is 2.33. The average molecular weight is 249 g/mol. The Kier molecular flexibility index (Phi) is 4.44. The molecular formula is C15H27N3. The quantitative estimate of drug-likeness (QED) is 0.889. The monoisotopic (exact) mass is 249 g/mol. The second-order valence-electron chi connectivity index (χ2n) is 6.27. The fraction of sp³-hybridized carbons (Fsp3) is 0.800. The number of hydrogen-bond donors (Lipinski definition) is 1. The van der Waals surface area contributed by atoms with Gasteiger partial charge in [-0.25, -0.2) is 4.98 Å². The van der Waals surface area contributed by atoms with Gasteiger partial charge >= 0.3 is 0 Å². The molecule has 3 heteroatoms. The van der Waals surface area contributed by atoms with Crippen LogP contribution in [0, 0.1) is 17.8 Å². The van der Waals surface area contributed by atoms with E-state index in [9.17, 15) is 0 Å². The van der Waals surface area contributed by atoms with Crippen LogP contribution in [0.2, 0.25) is 0 Å². The van der Waals surface area contributed by atoms with Crippen molar-refractivity contribution < 1.29 is 0 Å². The van der Waals surface area contributed by atoms with Crippen LogP contribution in [0.15, 0.2) is 12.4 Å². The van der Waals surface area contributed by atoms with Crippen LogP contribution in [-0.2, 0) is 13.6 Å². The van der Waals surface area contributed by atoms with E-state index >= 15 is 0 Å². The van der Waals surface area contributed by atoms with Gasteiger partial charge in [0.2, 0.25) is 0 Å². The van der Waals surface area contributed by atoms with Crippen molar-refractivity contribution in [2.45, 2.75) is 52.6 Å². The van der Waals surface area contributed by atoms with Crippen molar-refractivity contribution in [2.24, 2.45) is 24.8 Å². The molecule has 0 bridgehead atoms. The summed E-state index contributed by atoms with van der Waals surface area (Å²) < 4.78 is 2.10. The van der Waals surface area contributed by atoms with Gasteiger partial charge in [-0.05, 0) is 30.6 Å². The zero-order valence-corrected chi connectivity index (χ0v) is 12.2. The Balaban J connectivity index is 1.94. The second kappa shape index (κ2) is 5.87. The molecular weight excluding hydrogens is 222 g/mol. The molecule has 1 fully saturated rings. The molecule has 2 rings (SSSR count). The summed E-state index contributed by atoms with van der Waals surface area (Å²) in [7, 11) is 2.06. The Morgan fingerprint density at radius 3 is 2.83 bits per heavy atom. The number of aromatic nitrogens is 2. The van der Waals surface area contributed by atoms with Gasteiger partial charge < -0.3 is 9.88 Å². The molecule has 1 aliphatic carbocycles. The standard InChI is InChI=1S/C15H27N3/c1-11(2)13-6-5-12(3)9-14(13)17-10-15-16-7-8-18(15)4/h7-8,11-14,17H,5-6,9-10H2,1-4H3/t12-,13+,14+/m1/s1. The number of nitrogens with one attached hydrogen (secondary N) is 1. The van der Waals surface area contributed by atoms with Crippen molar-refractivity contribution in [3.8, 4) is 0 Å². The van der Waals surface area contributed by atoms with Gasteiger partial charge in [0.15, 0.2) is 0 Å². The zero-order chi connectivity index (χ0) is 13.1. The second-order valence-corrected chi connectivity index (χ2v) is 6.27. The van der Waals surface area contributed by atoms with Crippen molar-refractivity contribution in [1.29, 1.82) is 0 Å². The molecule has 1 saturated carbocycles. The largest absolute Gasteiger partial charge is 0.337 e. The van der Waals surface area contributed by atoms with E-state index in [0.29, 0.717) is 6.04 Å². The summed E-state index contributed by atoms with van der Waals surface area (Å²) in [5.41, 5.74) is 0. The van der Waals surface area contributed by atoms with E-state index in [4.69, 9.17) is 0 Å². The molecule has 0 saturated heterocycles. The van der Waals surface area contributed by atoms with Crippen molar-refractivity contribution in [1.82, 2.24) is 14.9 Å². The summed E-state index contributed by atoms with van der Waals surface area (Å²) in [5, 5.41) is 3.74. The van der Waals surface area contributed by atoms with Crippen LogP contribution < -0.4 is 5.32 Å². The number of imidazole rings is 1. The maximum atomic E-state index is 4.39. The van der Waals surface area contributed by atoms with Crippen LogP contribution in [0.1, 0.15) is 45.9 Å². The molecule has 0 amide bonds. The fourth-order valence-electron chi connectivity index (χ4n) is 3.23. The molecule has 0 spiro atoms. The predicted octanol–water partition coefficient (Wildman–Crippen LogP) is 2.97. The highest BCUT2D eigenvalue weighted by Gasteiger charge is 2.30. The Morgan fingerprint density at radius 1 is 1.44 bits per heavy atom. The van der Waals surface area contributed by atoms with Gasteiger partial charge in [0, 0.05) is 25.5 Å². The first-order valence-electron chi connectivity index (χ1n) is 7.27. The minimum atomic E-state index is 0.658. The molecule has 1 aliphatic rings. The first kappa shape index (κ1) is 13.6. The summed E-state index contributed by atoms with van der Waals surface area (Å²) in [6.07, 6.45) is 7.97. The van der Waals surface area contributed by atoms with Gasteiger partial charge in [-0.1, -0.05) is 27.2 Å². The van der Waals surface area contributed by atoms with Crippen LogP contribution in [0.3, 0.4) is 0 Å². The van der Waals surface area contributed by atoms with Crippen LogP contribution in [0.4, 0.5) is 0 Å². The summed E-state index contributed by atoms with van der Waals surface area (Å²) >= 11 is 0. The van der Waals surface area contributed by atoms with Crippen LogP contribution in [0.25, 0.3) is 0 Å². The Labute approximate surface area is 111 Å². The summed E-state index contributed by atoms with van der Waals surface area (Å²) in [5.74, 6) is 3.59. The highest BCUT2D eigenvalue weighted by molar-refractivity contribution is 4.93. The first-order valence-corrected chi connectivity index (χ1v) is 7.27. The third-order valence-electron chi connectivity index (χ3n) is 4.47. The summed E-state index contributed by atoms with van der Waals surface area (Å²) in [4.78, 5) is 4.39. The molecule has 1 aromatic heterocycles. The Morgan fingerprint density at radius 2 is 2.22 bits per heavy atom. The number of aryl methyl sites for hydroxylation is 1. The average Bonchev–Trinajstić information content (AvgIpc) is 2.72. The molecule has 0 aromatic carbocycles. The van der Waals surface area contributed by atoms with Gasteiger partial charge in [-0.2, -0.15) is 0 Å². The molecule has 3 atom stereocenters. The maximum absolute atomic E-state index is 4.39. The molecule has 0 unspecified atom stereocenters. The smallest absolute Gasteiger partial charge is 0.122 e. The van der Waals surface area contributed by atoms with Gasteiger partial charge in [-0.15, -0.1) is 0 Å². The third-order valence-corrected chi connectivity index (χ3v) is 4.47. The van der Waals surface area contributed by atoms with Crippen molar-refractivity contribution in [3.05, 3.63) is 18.2 Å². The van der Waals surface area contributed by atoms with E-state index in [1.807, 2.05) is 12.4 Å². The topological polar surface area (TPSA) is 29.9 Å². The molecule has 0 aliphatic heterocycles. The number of nitrogens with zero attached hydrogens (tertiary/aromatic N) is 2. The molecule has 1 heterocycles. The Bertz CT molecular complexity index is 370. The highest BCUT2D eigenvalue weighted by atomic mass is 15.1. The molecule has 1 aromatic rings. The fourth-order valence-corrected chi connectivity index (χ4v) is 3.23. The van der Waals surface area contributed by atoms with Crippen LogP contribution in [-0.4, -0.2) is 15.6 Å². The summed E-state index contributed by atoms with van der Waals surface area (Å²) in [6.45, 7) is 7.99. The van der Waals surface area contributed by atoms with Gasteiger partial charge in [0.25, 0.3) is 0 Å². The number of hydrogen-bond acceptors (Lipinski definition) is 2. The summed E-state index contributed by atoms with van der Waals surface area (Å²) in [6, 6.07) is 0.658. The maximum Gasteiger partial charge on any atom is 0.122 e. The molecule has 0 radical (unpaired) electrons. The minimum Gasteiger partial charge on any atom is -0.337 e. The minimum absolute atomic E-state index is 0.658. The van der Waals surface area contributed by atoms with E-state index in [1.54, 1.807) is 0 Å². The van der Waals surface area contributed by atoms with E-state index < -0.39 is 0 Å². The lowest BCUT2D eigenvalue weighted by molar-refractivity contribution is 0.168. The van der Waals surface area contributed by atoms with E-state index in [0.717, 1.165) is 30.1 Å². The van der Waals surface area contributed by atoms with Gasteiger partial charge in [-0.3, -0.25) is 0 Å². The lowest BCUT2D eigenvalue weighted by Crippen LogP contribution is -2.42. The predicted molar refractivity (Wildman–Crippen MR) is 75.2 cm³/mol. The van der Waals surface area contributed by atoms with Crippen LogP contribution in [0.5, 0.6) is 0 Å².